The van der Waals surface area contributed by atoms with Crippen LogP contribution in [0.25, 0.3) is 0 Å². The number of halogens is 4. The van der Waals surface area contributed by atoms with Gasteiger partial charge in [0.15, 0.2) is 17.5 Å². The first kappa shape index (κ1) is 17.1. The monoisotopic (exact) mass is 334 g/mol. The number of carbonyl (C=O) groups is 1. The maximum atomic E-state index is 13.7. The van der Waals surface area contributed by atoms with Crippen molar-refractivity contribution in [3.8, 4) is 0 Å². The number of nitrogens with zero attached hydrogens (tertiary/aromatic N) is 1. The first-order valence-electron chi connectivity index (χ1n) is 7.16. The van der Waals surface area contributed by atoms with E-state index in [1.807, 2.05) is 0 Å². The van der Waals surface area contributed by atoms with E-state index in [9.17, 15) is 18.0 Å². The van der Waals surface area contributed by atoms with Crippen LogP contribution in [0, 0.1) is 22.9 Å². The van der Waals surface area contributed by atoms with Gasteiger partial charge in [-0.2, -0.15) is 0 Å². The number of hydrogen-bond acceptors (Lipinski definition) is 2. The van der Waals surface area contributed by atoms with Crippen molar-refractivity contribution in [1.29, 1.82) is 0 Å². The van der Waals surface area contributed by atoms with E-state index in [4.69, 9.17) is 0 Å². The highest BCUT2D eigenvalue weighted by Crippen LogP contribution is 2.39. The van der Waals surface area contributed by atoms with E-state index in [1.165, 1.54) is 0 Å². The van der Waals surface area contributed by atoms with E-state index >= 15 is 0 Å². The molecule has 1 N–H and O–H groups in total. The Hall–Kier alpha value is -1.27. The minimum Gasteiger partial charge on any atom is -0.338 e. The van der Waals surface area contributed by atoms with Crippen molar-refractivity contribution in [2.24, 2.45) is 5.41 Å². The van der Waals surface area contributed by atoms with Crippen LogP contribution in [0.5, 0.6) is 0 Å². The van der Waals surface area contributed by atoms with Crippen molar-refractivity contribution in [2.75, 3.05) is 26.2 Å². The summed E-state index contributed by atoms with van der Waals surface area (Å²) in [6.45, 7) is 2.94. The molecule has 7 heteroatoms. The fraction of sp³-hybridized carbons (Fsp3) is 0.533. The number of benzene rings is 1. The van der Waals surface area contributed by atoms with Gasteiger partial charge < -0.3 is 10.2 Å². The Bertz CT molecular complexity index is 576. The highest BCUT2D eigenvalue weighted by atomic mass is 35.5. The summed E-state index contributed by atoms with van der Waals surface area (Å²) in [4.78, 5) is 13.9. The fourth-order valence-electron chi connectivity index (χ4n) is 3.34. The summed E-state index contributed by atoms with van der Waals surface area (Å²) in [5.74, 6) is -4.81. The second kappa shape index (κ2) is 6.46. The lowest BCUT2D eigenvalue weighted by molar-refractivity contribution is 0.0756. The molecule has 0 atom stereocenters. The third-order valence-corrected chi connectivity index (χ3v) is 4.66. The van der Waals surface area contributed by atoms with Crippen molar-refractivity contribution < 1.29 is 18.0 Å². The van der Waals surface area contributed by atoms with Crippen molar-refractivity contribution in [1.82, 2.24) is 10.2 Å². The number of piperidine rings is 1. The lowest BCUT2D eigenvalue weighted by atomic mass is 9.78. The molecule has 0 unspecified atom stereocenters. The minimum atomic E-state index is -1.59. The molecule has 3 rings (SSSR count). The zero-order chi connectivity index (χ0) is 15.0. The highest BCUT2D eigenvalue weighted by molar-refractivity contribution is 5.94. The average Bonchev–Trinajstić information content (AvgIpc) is 2.89. The van der Waals surface area contributed by atoms with Crippen molar-refractivity contribution in [3.05, 3.63) is 35.1 Å². The maximum Gasteiger partial charge on any atom is 0.256 e. The van der Waals surface area contributed by atoms with Gasteiger partial charge in [-0.25, -0.2) is 13.2 Å². The molecule has 0 aliphatic carbocycles. The van der Waals surface area contributed by atoms with Crippen LogP contribution < -0.4 is 5.32 Å². The Morgan fingerprint density at radius 2 is 1.77 bits per heavy atom. The van der Waals surface area contributed by atoms with Crippen LogP contribution in [0.2, 0.25) is 0 Å². The van der Waals surface area contributed by atoms with E-state index in [-0.39, 0.29) is 23.4 Å². The maximum absolute atomic E-state index is 13.7. The second-order valence-corrected chi connectivity index (χ2v) is 5.95. The van der Waals surface area contributed by atoms with Gasteiger partial charge >= 0.3 is 0 Å². The van der Waals surface area contributed by atoms with Crippen molar-refractivity contribution in [2.45, 2.75) is 19.3 Å². The molecule has 0 radical (unpaired) electrons. The minimum absolute atomic E-state index is 0. The van der Waals surface area contributed by atoms with Crippen molar-refractivity contribution in [3.63, 3.8) is 0 Å². The van der Waals surface area contributed by atoms with Crippen LogP contribution in [-0.2, 0) is 0 Å². The standard InChI is InChI=1S/C15H17F3N2O.ClH/c16-11-2-1-10(12(17)13(11)18)14(21)20-8-5-15(9-20)3-6-19-7-4-15;/h1-2,19H,3-9H2;1H. The van der Waals surface area contributed by atoms with Gasteiger partial charge in [0.1, 0.15) is 0 Å². The SMILES string of the molecule is Cl.O=C(c1ccc(F)c(F)c1F)N1CCC2(CCNCC2)C1. The Labute approximate surface area is 133 Å². The molecule has 122 valence electrons. The van der Waals surface area contributed by atoms with Gasteiger partial charge in [0.25, 0.3) is 5.91 Å². The summed E-state index contributed by atoms with van der Waals surface area (Å²) < 4.78 is 39.9. The van der Waals surface area contributed by atoms with E-state index in [0.717, 1.165) is 44.5 Å². The second-order valence-electron chi connectivity index (χ2n) is 5.95. The molecular formula is C15H18ClF3N2O. The molecule has 0 aromatic heterocycles. The smallest absolute Gasteiger partial charge is 0.256 e. The number of hydrogen-bond donors (Lipinski definition) is 1. The first-order valence-corrected chi connectivity index (χ1v) is 7.16. The van der Waals surface area contributed by atoms with Crippen LogP contribution >= 0.6 is 12.4 Å². The van der Waals surface area contributed by atoms with Crippen LogP contribution in [0.3, 0.4) is 0 Å². The molecule has 2 aliphatic heterocycles. The molecule has 3 nitrogen and oxygen atoms in total. The molecular weight excluding hydrogens is 317 g/mol. The molecule has 1 aromatic carbocycles. The van der Waals surface area contributed by atoms with E-state index in [0.29, 0.717) is 13.1 Å². The lowest BCUT2D eigenvalue weighted by Gasteiger charge is -2.33. The summed E-state index contributed by atoms with van der Waals surface area (Å²) in [5.41, 5.74) is -0.296. The van der Waals surface area contributed by atoms with Gasteiger partial charge in [0, 0.05) is 13.1 Å². The lowest BCUT2D eigenvalue weighted by Crippen LogP contribution is -2.40. The molecule has 0 saturated carbocycles. The van der Waals surface area contributed by atoms with E-state index in [2.05, 4.69) is 5.32 Å². The summed E-state index contributed by atoms with van der Waals surface area (Å²) in [6, 6.07) is 1.81. The summed E-state index contributed by atoms with van der Waals surface area (Å²) in [7, 11) is 0. The van der Waals surface area contributed by atoms with Gasteiger partial charge in [-0.15, -0.1) is 12.4 Å². The Morgan fingerprint density at radius 3 is 2.45 bits per heavy atom. The third kappa shape index (κ3) is 2.94. The quantitative estimate of drug-likeness (QED) is 0.801. The fourth-order valence-corrected chi connectivity index (χ4v) is 3.34. The molecule has 1 amide bonds. The van der Waals surface area contributed by atoms with Crippen molar-refractivity contribution >= 4 is 18.3 Å². The van der Waals surface area contributed by atoms with Gasteiger partial charge in [-0.1, -0.05) is 0 Å². The average molecular weight is 335 g/mol. The summed E-state index contributed by atoms with van der Waals surface area (Å²) >= 11 is 0. The molecule has 1 aromatic rings. The third-order valence-electron chi connectivity index (χ3n) is 4.66. The Balaban J connectivity index is 0.00000176. The predicted molar refractivity (Wildman–Crippen MR) is 78.6 cm³/mol. The Kier molecular flexibility index (Phi) is 5.02. The van der Waals surface area contributed by atoms with Crippen LogP contribution in [0.15, 0.2) is 12.1 Å². The van der Waals surface area contributed by atoms with Crippen LogP contribution in [0.4, 0.5) is 13.2 Å². The number of rotatable bonds is 1. The summed E-state index contributed by atoms with van der Waals surface area (Å²) in [5, 5.41) is 3.28. The van der Waals surface area contributed by atoms with Gasteiger partial charge in [0.05, 0.1) is 5.56 Å². The summed E-state index contributed by atoms with van der Waals surface area (Å²) in [6.07, 6.45) is 2.85. The van der Waals surface area contributed by atoms with Gasteiger partial charge in [0.2, 0.25) is 0 Å². The predicted octanol–water partition coefficient (Wildman–Crippen LogP) is 2.74. The molecule has 1 spiro atoms. The molecule has 2 saturated heterocycles. The number of nitrogens with one attached hydrogen (secondary N) is 1. The van der Waals surface area contributed by atoms with E-state index in [1.54, 1.807) is 4.90 Å². The van der Waals surface area contributed by atoms with Crippen LogP contribution in [0.1, 0.15) is 29.6 Å². The molecule has 2 aliphatic rings. The molecule has 2 heterocycles. The Morgan fingerprint density at radius 1 is 1.09 bits per heavy atom. The largest absolute Gasteiger partial charge is 0.338 e. The first-order chi connectivity index (χ1) is 10.0. The number of amides is 1. The molecule has 0 bridgehead atoms. The zero-order valence-electron chi connectivity index (χ0n) is 12.0. The zero-order valence-corrected chi connectivity index (χ0v) is 12.8. The molecule has 22 heavy (non-hydrogen) atoms. The van der Waals surface area contributed by atoms with Crippen LogP contribution in [-0.4, -0.2) is 37.0 Å². The van der Waals surface area contributed by atoms with Gasteiger partial charge in [-0.3, -0.25) is 4.79 Å². The van der Waals surface area contributed by atoms with E-state index < -0.39 is 23.4 Å². The normalized spacial score (nSPS) is 20.0. The molecule has 2 fully saturated rings. The van der Waals surface area contributed by atoms with Gasteiger partial charge in [-0.05, 0) is 49.9 Å². The number of carbonyl (C=O) groups excluding carboxylic acids is 1. The number of likely N-dealkylation sites (tertiary alicyclic amines) is 1. The topological polar surface area (TPSA) is 32.3 Å². The highest BCUT2D eigenvalue weighted by Gasteiger charge is 2.41.